The lowest BCUT2D eigenvalue weighted by molar-refractivity contribution is 0.174. The number of phenolic OH excluding ortho intramolecular Hbond substituents is 1. The van der Waals surface area contributed by atoms with Crippen molar-refractivity contribution >= 4 is 17.4 Å². The van der Waals surface area contributed by atoms with Gasteiger partial charge in [0.1, 0.15) is 11.6 Å². The van der Waals surface area contributed by atoms with Crippen LogP contribution in [-0.4, -0.2) is 36.0 Å². The lowest BCUT2D eigenvalue weighted by atomic mass is 10.0. The molecule has 0 radical (unpaired) electrons. The molecule has 2 aliphatic rings. The highest BCUT2D eigenvalue weighted by atomic mass is 35.5. The molecule has 5 rings (SSSR count). The minimum Gasteiger partial charge on any atom is -0.507 e. The number of ether oxygens (including phenoxy) is 2. The number of fused-ring (bicyclic) bond motifs is 1. The van der Waals surface area contributed by atoms with Gasteiger partial charge in [-0.25, -0.2) is 4.98 Å². The third kappa shape index (κ3) is 3.34. The van der Waals surface area contributed by atoms with Crippen LogP contribution in [0.15, 0.2) is 48.5 Å². The standard InChI is InChI=1S/C22H20ClN3O3/c23-14-4-5-19(27)17(10-14)18-8-13(9-21(25-18)26-7-6-15(24)11-26)16-2-1-3-20-22(16)29-12-28-20/h1-5,8-10,15,27H,6-7,11-12,24H2. The molecule has 0 saturated carbocycles. The number of anilines is 1. The van der Waals surface area contributed by atoms with Crippen molar-refractivity contribution in [2.24, 2.45) is 5.73 Å². The van der Waals surface area contributed by atoms with E-state index in [1.165, 1.54) is 0 Å². The normalized spacial score (nSPS) is 17.7. The van der Waals surface area contributed by atoms with Gasteiger partial charge >= 0.3 is 0 Å². The largest absolute Gasteiger partial charge is 0.507 e. The molecule has 2 aromatic carbocycles. The summed E-state index contributed by atoms with van der Waals surface area (Å²) in [6.45, 7) is 1.78. The first-order valence-corrected chi connectivity index (χ1v) is 9.87. The van der Waals surface area contributed by atoms with Crippen molar-refractivity contribution in [2.45, 2.75) is 12.5 Å². The van der Waals surface area contributed by atoms with Gasteiger partial charge in [0.05, 0.1) is 5.69 Å². The van der Waals surface area contributed by atoms with E-state index in [0.29, 0.717) is 22.0 Å². The van der Waals surface area contributed by atoms with Crippen LogP contribution in [0.5, 0.6) is 17.2 Å². The molecule has 29 heavy (non-hydrogen) atoms. The molecule has 7 heteroatoms. The maximum Gasteiger partial charge on any atom is 0.231 e. The SMILES string of the molecule is NC1CCN(c2cc(-c3cccc4c3OCO4)cc(-c3cc(Cl)ccc3O)n2)C1. The number of halogens is 1. The Morgan fingerprint density at radius 1 is 1.10 bits per heavy atom. The number of phenols is 1. The first kappa shape index (κ1) is 18.1. The van der Waals surface area contributed by atoms with Crippen LogP contribution < -0.4 is 20.1 Å². The fourth-order valence-electron chi connectivity index (χ4n) is 3.84. The highest BCUT2D eigenvalue weighted by molar-refractivity contribution is 6.31. The van der Waals surface area contributed by atoms with Crippen molar-refractivity contribution in [3.05, 3.63) is 53.6 Å². The fraction of sp³-hybridized carbons (Fsp3) is 0.227. The Balaban J connectivity index is 1.69. The summed E-state index contributed by atoms with van der Waals surface area (Å²) in [6, 6.07) is 14.8. The predicted octanol–water partition coefficient (Wildman–Crippen LogP) is 4.04. The Hall–Kier alpha value is -2.96. The average Bonchev–Trinajstić information content (AvgIpc) is 3.38. The molecule has 6 nitrogen and oxygen atoms in total. The van der Waals surface area contributed by atoms with E-state index in [2.05, 4.69) is 4.90 Å². The van der Waals surface area contributed by atoms with Crippen molar-refractivity contribution in [3.8, 4) is 39.6 Å². The zero-order chi connectivity index (χ0) is 20.0. The quantitative estimate of drug-likeness (QED) is 0.679. The second-order valence-corrected chi connectivity index (χ2v) is 7.73. The maximum atomic E-state index is 10.4. The van der Waals surface area contributed by atoms with E-state index in [0.717, 1.165) is 42.2 Å². The van der Waals surface area contributed by atoms with Crippen LogP contribution in [0.2, 0.25) is 5.02 Å². The Morgan fingerprint density at radius 2 is 2.00 bits per heavy atom. The molecule has 148 valence electrons. The van der Waals surface area contributed by atoms with Crippen LogP contribution in [0.25, 0.3) is 22.4 Å². The molecule has 0 aliphatic carbocycles. The minimum atomic E-state index is 0.126. The number of aromatic nitrogens is 1. The molecule has 3 N–H and O–H groups in total. The first-order valence-electron chi connectivity index (χ1n) is 9.49. The maximum absolute atomic E-state index is 10.4. The molecule has 1 unspecified atom stereocenters. The van der Waals surface area contributed by atoms with E-state index in [1.807, 2.05) is 30.3 Å². The van der Waals surface area contributed by atoms with Crippen molar-refractivity contribution in [1.82, 2.24) is 4.98 Å². The van der Waals surface area contributed by atoms with E-state index in [1.54, 1.807) is 18.2 Å². The molecular weight excluding hydrogens is 390 g/mol. The van der Waals surface area contributed by atoms with Crippen molar-refractivity contribution in [2.75, 3.05) is 24.8 Å². The molecule has 1 fully saturated rings. The van der Waals surface area contributed by atoms with Gasteiger partial charge in [0, 0.05) is 35.3 Å². The summed E-state index contributed by atoms with van der Waals surface area (Å²) < 4.78 is 11.2. The molecule has 0 bridgehead atoms. The van der Waals surface area contributed by atoms with E-state index in [4.69, 9.17) is 31.8 Å². The summed E-state index contributed by atoms with van der Waals surface area (Å²) in [5.41, 5.74) is 9.16. The summed E-state index contributed by atoms with van der Waals surface area (Å²) in [5.74, 6) is 2.36. The Kier molecular flexibility index (Phi) is 4.45. The Labute approximate surface area is 173 Å². The van der Waals surface area contributed by atoms with Gasteiger partial charge in [-0.2, -0.15) is 0 Å². The topological polar surface area (TPSA) is 80.8 Å². The van der Waals surface area contributed by atoms with Gasteiger partial charge in [0.2, 0.25) is 6.79 Å². The number of rotatable bonds is 3. The number of aromatic hydroxyl groups is 1. The molecule has 1 saturated heterocycles. The number of benzene rings is 2. The fourth-order valence-corrected chi connectivity index (χ4v) is 4.01. The van der Waals surface area contributed by atoms with Crippen molar-refractivity contribution in [3.63, 3.8) is 0 Å². The molecule has 3 aromatic rings. The van der Waals surface area contributed by atoms with Crippen LogP contribution in [0.3, 0.4) is 0 Å². The number of nitrogens with two attached hydrogens (primary N) is 1. The lowest BCUT2D eigenvalue weighted by Gasteiger charge is -2.20. The van der Waals surface area contributed by atoms with Crippen LogP contribution in [0, 0.1) is 0 Å². The first-order chi connectivity index (χ1) is 14.1. The number of nitrogens with zero attached hydrogens (tertiary/aromatic N) is 2. The van der Waals surface area contributed by atoms with E-state index in [9.17, 15) is 5.11 Å². The molecule has 3 heterocycles. The minimum absolute atomic E-state index is 0.126. The van der Waals surface area contributed by atoms with Crippen LogP contribution in [0.1, 0.15) is 6.42 Å². The molecule has 0 amide bonds. The second kappa shape index (κ2) is 7.13. The summed E-state index contributed by atoms with van der Waals surface area (Å²) in [6.07, 6.45) is 0.918. The van der Waals surface area contributed by atoms with Crippen molar-refractivity contribution in [1.29, 1.82) is 0 Å². The summed E-state index contributed by atoms with van der Waals surface area (Å²) in [4.78, 5) is 6.99. The van der Waals surface area contributed by atoms with Crippen LogP contribution >= 0.6 is 11.6 Å². The highest BCUT2D eigenvalue weighted by Crippen LogP contribution is 2.43. The lowest BCUT2D eigenvalue weighted by Crippen LogP contribution is -2.27. The third-order valence-corrected chi connectivity index (χ3v) is 5.54. The summed E-state index contributed by atoms with van der Waals surface area (Å²) in [7, 11) is 0. The molecule has 2 aliphatic heterocycles. The zero-order valence-electron chi connectivity index (χ0n) is 15.6. The number of hydrogen-bond acceptors (Lipinski definition) is 6. The summed E-state index contributed by atoms with van der Waals surface area (Å²) >= 11 is 6.18. The predicted molar refractivity (Wildman–Crippen MR) is 113 cm³/mol. The molecule has 0 spiro atoms. The smallest absolute Gasteiger partial charge is 0.231 e. The highest BCUT2D eigenvalue weighted by Gasteiger charge is 2.24. The Bertz CT molecular complexity index is 1090. The number of para-hydroxylation sites is 1. The van der Waals surface area contributed by atoms with Gasteiger partial charge in [0.15, 0.2) is 11.5 Å². The zero-order valence-corrected chi connectivity index (χ0v) is 16.4. The van der Waals surface area contributed by atoms with Gasteiger partial charge in [-0.3, -0.25) is 0 Å². The average molecular weight is 410 g/mol. The van der Waals surface area contributed by atoms with Gasteiger partial charge in [0.25, 0.3) is 0 Å². The Morgan fingerprint density at radius 3 is 2.83 bits per heavy atom. The molecule has 1 atom stereocenters. The molecular formula is C22H20ClN3O3. The second-order valence-electron chi connectivity index (χ2n) is 7.29. The van der Waals surface area contributed by atoms with Crippen LogP contribution in [0.4, 0.5) is 5.82 Å². The van der Waals surface area contributed by atoms with E-state index in [-0.39, 0.29) is 18.6 Å². The van der Waals surface area contributed by atoms with E-state index < -0.39 is 0 Å². The number of hydrogen-bond donors (Lipinski definition) is 2. The van der Waals surface area contributed by atoms with Gasteiger partial charge in [-0.1, -0.05) is 23.7 Å². The molecule has 1 aromatic heterocycles. The van der Waals surface area contributed by atoms with Crippen molar-refractivity contribution < 1.29 is 14.6 Å². The monoisotopic (exact) mass is 409 g/mol. The third-order valence-electron chi connectivity index (χ3n) is 5.30. The van der Waals surface area contributed by atoms with Gasteiger partial charge < -0.3 is 25.2 Å². The summed E-state index contributed by atoms with van der Waals surface area (Å²) in [5, 5.41) is 11.0. The van der Waals surface area contributed by atoms with Gasteiger partial charge in [-0.15, -0.1) is 0 Å². The van der Waals surface area contributed by atoms with Crippen LogP contribution in [-0.2, 0) is 0 Å². The number of pyridine rings is 1. The van der Waals surface area contributed by atoms with E-state index >= 15 is 0 Å². The van der Waals surface area contributed by atoms with Gasteiger partial charge in [-0.05, 0) is 48.4 Å².